The van der Waals surface area contributed by atoms with E-state index < -0.39 is 0 Å². The lowest BCUT2D eigenvalue weighted by Crippen LogP contribution is -2.41. The van der Waals surface area contributed by atoms with Gasteiger partial charge in [-0.25, -0.2) is 0 Å². The lowest BCUT2D eigenvalue weighted by Gasteiger charge is -2.37. The topological polar surface area (TPSA) is 52.3 Å². The molecule has 0 radical (unpaired) electrons. The van der Waals surface area contributed by atoms with Crippen LogP contribution in [0.4, 0.5) is 0 Å². The quantitative estimate of drug-likeness (QED) is 0.848. The monoisotopic (exact) mass is 261 g/mol. The molecule has 0 unspecified atom stereocenters. The summed E-state index contributed by atoms with van der Waals surface area (Å²) < 4.78 is 5.31. The minimum Gasteiger partial charge on any atom is -0.496 e. The highest BCUT2D eigenvalue weighted by molar-refractivity contribution is 6.03. The van der Waals surface area contributed by atoms with Crippen LogP contribution in [0, 0.1) is 11.3 Å². The Balaban J connectivity index is 2.30. The smallest absolute Gasteiger partial charge is 0.173 e. The van der Waals surface area contributed by atoms with Crippen molar-refractivity contribution in [1.29, 1.82) is 0 Å². The Bertz CT molecular complexity index is 448. The number of hydrogen-bond acceptors (Lipinski definition) is 3. The Labute approximate surface area is 115 Å². The van der Waals surface area contributed by atoms with E-state index in [1.165, 1.54) is 0 Å². The van der Waals surface area contributed by atoms with Crippen LogP contribution in [0.25, 0.3) is 0 Å². The number of rotatable bonds is 4. The van der Waals surface area contributed by atoms with E-state index in [4.69, 9.17) is 10.5 Å². The van der Waals surface area contributed by atoms with E-state index in [0.29, 0.717) is 23.8 Å². The van der Waals surface area contributed by atoms with E-state index in [2.05, 4.69) is 6.92 Å². The van der Waals surface area contributed by atoms with Crippen LogP contribution in [0.2, 0.25) is 0 Å². The van der Waals surface area contributed by atoms with Crippen LogP contribution in [-0.2, 0) is 0 Å². The third kappa shape index (κ3) is 2.66. The zero-order valence-corrected chi connectivity index (χ0v) is 11.8. The van der Waals surface area contributed by atoms with Crippen LogP contribution in [0.3, 0.4) is 0 Å². The summed E-state index contributed by atoms with van der Waals surface area (Å²) in [6, 6.07) is 7.44. The highest BCUT2D eigenvalue weighted by Gasteiger charge is 2.40. The van der Waals surface area contributed by atoms with Gasteiger partial charge in [0.25, 0.3) is 0 Å². The molecule has 2 N–H and O–H groups in total. The molecule has 1 aromatic carbocycles. The van der Waals surface area contributed by atoms with Crippen molar-refractivity contribution >= 4 is 5.78 Å². The normalized spacial score (nSPS) is 27.0. The third-order valence-corrected chi connectivity index (χ3v) is 4.46. The number of carbonyl (C=O) groups is 1. The standard InChI is InChI=1S/C16H23NO2/c1-12-7-9-16(11-17,10-8-12)15(18)13-5-3-4-6-14(13)19-2/h3-6,12H,7-11,17H2,1-2H3. The highest BCUT2D eigenvalue weighted by atomic mass is 16.5. The molecule has 0 heterocycles. The van der Waals surface area contributed by atoms with Crippen LogP contribution in [-0.4, -0.2) is 19.4 Å². The Morgan fingerprint density at radius 3 is 2.58 bits per heavy atom. The van der Waals surface area contributed by atoms with E-state index in [-0.39, 0.29) is 11.2 Å². The molecule has 0 bridgehead atoms. The first-order valence-corrected chi connectivity index (χ1v) is 7.01. The molecule has 2 rings (SSSR count). The molecular formula is C16H23NO2. The lowest BCUT2D eigenvalue weighted by molar-refractivity contribution is 0.0692. The predicted molar refractivity (Wildman–Crippen MR) is 76.4 cm³/mol. The molecule has 19 heavy (non-hydrogen) atoms. The van der Waals surface area contributed by atoms with Gasteiger partial charge in [0.05, 0.1) is 12.7 Å². The summed E-state index contributed by atoms with van der Waals surface area (Å²) in [7, 11) is 1.60. The van der Waals surface area contributed by atoms with Crippen molar-refractivity contribution in [2.24, 2.45) is 17.1 Å². The van der Waals surface area contributed by atoms with Crippen molar-refractivity contribution in [2.75, 3.05) is 13.7 Å². The molecule has 0 aliphatic heterocycles. The molecule has 0 atom stereocenters. The molecule has 1 fully saturated rings. The molecule has 104 valence electrons. The van der Waals surface area contributed by atoms with Crippen molar-refractivity contribution in [1.82, 2.24) is 0 Å². The molecule has 0 amide bonds. The van der Waals surface area contributed by atoms with E-state index in [9.17, 15) is 4.79 Å². The van der Waals surface area contributed by atoms with Gasteiger partial charge in [-0.1, -0.05) is 19.1 Å². The second-order valence-corrected chi connectivity index (χ2v) is 5.70. The van der Waals surface area contributed by atoms with Crippen molar-refractivity contribution in [3.05, 3.63) is 29.8 Å². The molecule has 1 saturated carbocycles. The first kappa shape index (κ1) is 14.1. The van der Waals surface area contributed by atoms with Crippen LogP contribution < -0.4 is 10.5 Å². The van der Waals surface area contributed by atoms with Gasteiger partial charge in [-0.05, 0) is 43.7 Å². The number of para-hydroxylation sites is 1. The summed E-state index contributed by atoms with van der Waals surface area (Å²) in [5, 5.41) is 0. The minimum atomic E-state index is -0.388. The van der Waals surface area contributed by atoms with Gasteiger partial charge in [0, 0.05) is 12.0 Å². The first-order chi connectivity index (χ1) is 9.13. The van der Waals surface area contributed by atoms with Crippen molar-refractivity contribution in [2.45, 2.75) is 32.6 Å². The lowest BCUT2D eigenvalue weighted by atomic mass is 9.67. The Morgan fingerprint density at radius 2 is 2.00 bits per heavy atom. The highest BCUT2D eigenvalue weighted by Crippen LogP contribution is 2.41. The third-order valence-electron chi connectivity index (χ3n) is 4.46. The van der Waals surface area contributed by atoms with Crippen LogP contribution in [0.15, 0.2) is 24.3 Å². The Kier molecular flexibility index (Phi) is 4.25. The van der Waals surface area contributed by atoms with Gasteiger partial charge in [0.2, 0.25) is 0 Å². The van der Waals surface area contributed by atoms with Crippen molar-refractivity contribution in [3.63, 3.8) is 0 Å². The molecule has 3 nitrogen and oxygen atoms in total. The molecular weight excluding hydrogens is 238 g/mol. The number of Topliss-reactive ketones (excluding diaryl/α,β-unsaturated/α-hetero) is 1. The molecule has 3 heteroatoms. The Hall–Kier alpha value is -1.35. The summed E-state index contributed by atoms with van der Waals surface area (Å²) in [5.41, 5.74) is 6.24. The summed E-state index contributed by atoms with van der Waals surface area (Å²) in [4.78, 5) is 12.9. The van der Waals surface area contributed by atoms with Gasteiger partial charge in [0.15, 0.2) is 5.78 Å². The number of carbonyl (C=O) groups excluding carboxylic acids is 1. The fourth-order valence-electron chi connectivity index (χ4n) is 2.96. The zero-order chi connectivity index (χ0) is 13.9. The zero-order valence-electron chi connectivity index (χ0n) is 11.8. The number of hydrogen-bond donors (Lipinski definition) is 1. The molecule has 1 aromatic rings. The second kappa shape index (κ2) is 5.74. The number of ketones is 1. The molecule has 1 aliphatic rings. The number of benzene rings is 1. The number of methoxy groups -OCH3 is 1. The molecule has 0 aromatic heterocycles. The van der Waals surface area contributed by atoms with Crippen molar-refractivity contribution in [3.8, 4) is 5.75 Å². The Morgan fingerprint density at radius 1 is 1.37 bits per heavy atom. The van der Waals surface area contributed by atoms with E-state index in [0.717, 1.165) is 25.7 Å². The predicted octanol–water partition coefficient (Wildman–Crippen LogP) is 3.03. The van der Waals surface area contributed by atoms with Gasteiger partial charge in [0.1, 0.15) is 5.75 Å². The van der Waals surface area contributed by atoms with Gasteiger partial charge in [-0.3, -0.25) is 4.79 Å². The minimum absolute atomic E-state index is 0.152. The van der Waals surface area contributed by atoms with E-state index >= 15 is 0 Å². The summed E-state index contributed by atoms with van der Waals surface area (Å²) in [6.07, 6.45) is 3.94. The fraction of sp³-hybridized carbons (Fsp3) is 0.562. The van der Waals surface area contributed by atoms with Crippen LogP contribution in [0.5, 0.6) is 5.75 Å². The average Bonchev–Trinajstić information content (AvgIpc) is 2.47. The maximum absolute atomic E-state index is 12.9. The average molecular weight is 261 g/mol. The van der Waals surface area contributed by atoms with Crippen LogP contribution in [0.1, 0.15) is 43.0 Å². The molecule has 0 spiro atoms. The fourth-order valence-corrected chi connectivity index (χ4v) is 2.96. The summed E-state index contributed by atoms with van der Waals surface area (Å²) >= 11 is 0. The second-order valence-electron chi connectivity index (χ2n) is 5.70. The molecule has 1 aliphatic carbocycles. The van der Waals surface area contributed by atoms with Gasteiger partial charge in [-0.15, -0.1) is 0 Å². The summed E-state index contributed by atoms with van der Waals surface area (Å²) in [5.74, 6) is 1.50. The maximum Gasteiger partial charge on any atom is 0.173 e. The molecule has 0 saturated heterocycles. The largest absolute Gasteiger partial charge is 0.496 e. The van der Waals surface area contributed by atoms with Crippen molar-refractivity contribution < 1.29 is 9.53 Å². The van der Waals surface area contributed by atoms with E-state index in [1.54, 1.807) is 7.11 Å². The first-order valence-electron chi connectivity index (χ1n) is 7.01. The van der Waals surface area contributed by atoms with Gasteiger partial charge in [-0.2, -0.15) is 0 Å². The van der Waals surface area contributed by atoms with Gasteiger partial charge >= 0.3 is 0 Å². The van der Waals surface area contributed by atoms with Crippen LogP contribution >= 0.6 is 0 Å². The maximum atomic E-state index is 12.9. The van der Waals surface area contributed by atoms with Gasteiger partial charge < -0.3 is 10.5 Å². The SMILES string of the molecule is COc1ccccc1C(=O)C1(CN)CCC(C)CC1. The number of nitrogens with two attached hydrogens (primary N) is 1. The number of ether oxygens (including phenoxy) is 1. The van der Waals surface area contributed by atoms with E-state index in [1.807, 2.05) is 24.3 Å². The summed E-state index contributed by atoms with van der Waals surface area (Å²) in [6.45, 7) is 2.67.